The van der Waals surface area contributed by atoms with E-state index in [2.05, 4.69) is 56.4 Å². The van der Waals surface area contributed by atoms with Crippen molar-refractivity contribution in [3.05, 3.63) is 36.4 Å². The van der Waals surface area contributed by atoms with Crippen LogP contribution in [0.1, 0.15) is 12.7 Å². The third-order valence-electron chi connectivity index (χ3n) is 5.13. The molecular formula is C19H21N7S2. The Bertz CT molecular complexity index is 1130. The summed E-state index contributed by atoms with van der Waals surface area (Å²) in [6, 6.07) is 6.50. The second-order valence-corrected chi connectivity index (χ2v) is 8.61. The number of benzene rings is 1. The summed E-state index contributed by atoms with van der Waals surface area (Å²) in [5, 5.41) is 9.77. The van der Waals surface area contributed by atoms with E-state index in [1.807, 2.05) is 16.8 Å². The van der Waals surface area contributed by atoms with Gasteiger partial charge in [-0.25, -0.2) is 9.97 Å². The van der Waals surface area contributed by atoms with Crippen LogP contribution in [0.2, 0.25) is 0 Å². The minimum atomic E-state index is 0.845. The van der Waals surface area contributed by atoms with Crippen molar-refractivity contribution in [3.63, 3.8) is 0 Å². The van der Waals surface area contributed by atoms with Gasteiger partial charge in [-0.05, 0) is 24.5 Å². The Morgan fingerprint density at radius 2 is 1.93 bits per heavy atom. The van der Waals surface area contributed by atoms with E-state index in [0.29, 0.717) is 0 Å². The predicted molar refractivity (Wildman–Crippen MR) is 116 cm³/mol. The Morgan fingerprint density at radius 3 is 2.71 bits per heavy atom. The molecule has 28 heavy (non-hydrogen) atoms. The predicted octanol–water partition coefficient (Wildman–Crippen LogP) is 3.34. The molecule has 1 aromatic carbocycles. The molecule has 1 aliphatic rings. The van der Waals surface area contributed by atoms with Gasteiger partial charge in [-0.3, -0.25) is 4.40 Å². The molecule has 0 atom stereocenters. The number of aryl methyl sites for hydroxylation is 1. The number of piperazine rings is 1. The third kappa shape index (κ3) is 2.98. The van der Waals surface area contributed by atoms with Crippen molar-refractivity contribution in [3.8, 4) is 0 Å². The maximum absolute atomic E-state index is 4.85. The number of nitrogens with zero attached hydrogens (tertiary/aromatic N) is 7. The van der Waals surface area contributed by atoms with Crippen molar-refractivity contribution < 1.29 is 0 Å². The van der Waals surface area contributed by atoms with Gasteiger partial charge in [-0.15, -0.1) is 22.0 Å². The van der Waals surface area contributed by atoms with Gasteiger partial charge in [-0.2, -0.15) is 0 Å². The molecule has 7 nitrogen and oxygen atoms in total. The molecule has 0 aliphatic carbocycles. The van der Waals surface area contributed by atoms with E-state index in [0.717, 1.165) is 60.5 Å². The summed E-state index contributed by atoms with van der Waals surface area (Å²) in [6.45, 7) is 5.73. The van der Waals surface area contributed by atoms with E-state index in [-0.39, 0.29) is 0 Å². The lowest BCUT2D eigenvalue weighted by molar-refractivity contribution is 0.646. The molecule has 4 heterocycles. The fourth-order valence-electron chi connectivity index (χ4n) is 3.59. The number of fused-ring (bicyclic) bond motifs is 2. The van der Waals surface area contributed by atoms with Crippen LogP contribution in [-0.4, -0.2) is 57.0 Å². The second-order valence-electron chi connectivity index (χ2n) is 6.72. The molecular weight excluding hydrogens is 390 g/mol. The first-order valence-electron chi connectivity index (χ1n) is 9.40. The minimum absolute atomic E-state index is 0.845. The molecule has 0 amide bonds. The van der Waals surface area contributed by atoms with E-state index >= 15 is 0 Å². The number of hydrogen-bond donors (Lipinski definition) is 0. The second kappa shape index (κ2) is 7.21. The summed E-state index contributed by atoms with van der Waals surface area (Å²) in [5.74, 6) is 1.89. The first-order valence-corrected chi connectivity index (χ1v) is 11.4. The number of thioether (sulfide) groups is 1. The van der Waals surface area contributed by atoms with Gasteiger partial charge in [0.2, 0.25) is 5.65 Å². The van der Waals surface area contributed by atoms with Gasteiger partial charge >= 0.3 is 0 Å². The first kappa shape index (κ1) is 17.7. The Hall–Kier alpha value is -2.39. The van der Waals surface area contributed by atoms with E-state index in [9.17, 15) is 0 Å². The van der Waals surface area contributed by atoms with Gasteiger partial charge in [0.15, 0.2) is 10.9 Å². The summed E-state index contributed by atoms with van der Waals surface area (Å²) in [7, 11) is 0. The average molecular weight is 412 g/mol. The van der Waals surface area contributed by atoms with Crippen molar-refractivity contribution in [2.45, 2.75) is 18.2 Å². The van der Waals surface area contributed by atoms with Gasteiger partial charge in [-0.1, -0.05) is 18.3 Å². The molecule has 0 radical (unpaired) electrons. The van der Waals surface area contributed by atoms with E-state index < -0.39 is 0 Å². The van der Waals surface area contributed by atoms with E-state index in [4.69, 9.17) is 4.98 Å². The number of aromatic nitrogens is 5. The maximum Gasteiger partial charge on any atom is 0.203 e. The zero-order valence-electron chi connectivity index (χ0n) is 15.9. The van der Waals surface area contributed by atoms with Gasteiger partial charge in [0.1, 0.15) is 5.82 Å². The molecule has 3 aromatic heterocycles. The number of rotatable bonds is 4. The van der Waals surface area contributed by atoms with Crippen molar-refractivity contribution in [1.82, 2.24) is 24.6 Å². The number of hydrogen-bond acceptors (Lipinski definition) is 8. The zero-order chi connectivity index (χ0) is 19.1. The Morgan fingerprint density at radius 1 is 1.11 bits per heavy atom. The van der Waals surface area contributed by atoms with Crippen molar-refractivity contribution >= 4 is 49.9 Å². The van der Waals surface area contributed by atoms with Gasteiger partial charge in [0.05, 0.1) is 10.2 Å². The lowest BCUT2D eigenvalue weighted by atomic mass is 10.3. The van der Waals surface area contributed by atoms with Crippen LogP contribution < -0.4 is 9.80 Å². The van der Waals surface area contributed by atoms with E-state index in [1.54, 1.807) is 23.1 Å². The molecule has 0 spiro atoms. The SMILES string of the molecule is CCc1nnc2c(N3CCN(c4nc5ccc(SC)cc5s4)CC3)nccn12. The highest BCUT2D eigenvalue weighted by Gasteiger charge is 2.23. The molecule has 9 heteroatoms. The highest BCUT2D eigenvalue weighted by molar-refractivity contribution is 7.98. The maximum atomic E-state index is 4.85. The van der Waals surface area contributed by atoms with E-state index in [1.165, 1.54) is 9.60 Å². The molecule has 4 aromatic rings. The van der Waals surface area contributed by atoms with Crippen molar-refractivity contribution in [2.75, 3.05) is 42.2 Å². The van der Waals surface area contributed by atoms with Crippen LogP contribution in [0.4, 0.5) is 10.9 Å². The Kier molecular flexibility index (Phi) is 4.56. The fourth-order valence-corrected chi connectivity index (χ4v) is 5.16. The van der Waals surface area contributed by atoms with Crippen LogP contribution >= 0.6 is 23.1 Å². The molecule has 1 aliphatic heterocycles. The summed E-state index contributed by atoms with van der Waals surface area (Å²) >= 11 is 3.55. The summed E-state index contributed by atoms with van der Waals surface area (Å²) in [5.41, 5.74) is 1.93. The summed E-state index contributed by atoms with van der Waals surface area (Å²) in [4.78, 5) is 15.4. The minimum Gasteiger partial charge on any atom is -0.350 e. The van der Waals surface area contributed by atoms with Crippen LogP contribution in [0.3, 0.4) is 0 Å². The monoisotopic (exact) mass is 411 g/mol. The molecule has 1 fully saturated rings. The standard InChI is InChI=1S/C19H21N7S2/c1-3-16-22-23-18-17(20-6-7-26(16)18)24-8-10-25(11-9-24)19-21-14-5-4-13(27-2)12-15(14)28-19/h4-7,12H,3,8-11H2,1-2H3. The van der Waals surface area contributed by atoms with Gasteiger partial charge in [0, 0.05) is 49.9 Å². The van der Waals surface area contributed by atoms with Crippen LogP contribution in [-0.2, 0) is 6.42 Å². The lowest BCUT2D eigenvalue weighted by Gasteiger charge is -2.35. The smallest absolute Gasteiger partial charge is 0.203 e. The largest absolute Gasteiger partial charge is 0.350 e. The molecule has 144 valence electrons. The number of thiazole rings is 1. The molecule has 1 saturated heterocycles. The molecule has 5 rings (SSSR count). The third-order valence-corrected chi connectivity index (χ3v) is 6.93. The van der Waals surface area contributed by atoms with Crippen LogP contribution in [0.5, 0.6) is 0 Å². The Labute approximate surface area is 171 Å². The van der Waals surface area contributed by atoms with Crippen LogP contribution in [0.15, 0.2) is 35.5 Å². The number of anilines is 2. The zero-order valence-corrected chi connectivity index (χ0v) is 17.5. The quantitative estimate of drug-likeness (QED) is 0.477. The molecule has 0 N–H and O–H groups in total. The van der Waals surface area contributed by atoms with Crippen molar-refractivity contribution in [1.29, 1.82) is 0 Å². The normalized spacial score (nSPS) is 15.1. The summed E-state index contributed by atoms with van der Waals surface area (Å²) in [6.07, 6.45) is 6.75. The highest BCUT2D eigenvalue weighted by Crippen LogP contribution is 2.32. The first-order chi connectivity index (χ1) is 13.8. The summed E-state index contributed by atoms with van der Waals surface area (Å²) < 4.78 is 3.30. The Balaban J connectivity index is 1.36. The van der Waals surface area contributed by atoms with Gasteiger partial charge in [0.25, 0.3) is 0 Å². The van der Waals surface area contributed by atoms with Crippen molar-refractivity contribution in [2.24, 2.45) is 0 Å². The highest BCUT2D eigenvalue weighted by atomic mass is 32.2. The van der Waals surface area contributed by atoms with Crippen LogP contribution in [0.25, 0.3) is 15.9 Å². The molecule has 0 saturated carbocycles. The van der Waals surface area contributed by atoms with Gasteiger partial charge < -0.3 is 9.80 Å². The fraction of sp³-hybridized carbons (Fsp3) is 0.368. The molecule has 0 unspecified atom stereocenters. The van der Waals surface area contributed by atoms with Crippen LogP contribution in [0, 0.1) is 0 Å². The lowest BCUT2D eigenvalue weighted by Crippen LogP contribution is -2.47. The average Bonchev–Trinajstić information content (AvgIpc) is 3.37. The topological polar surface area (TPSA) is 62.5 Å². The molecule has 0 bridgehead atoms.